The molecule has 156 valence electrons. The Morgan fingerprint density at radius 2 is 2.00 bits per heavy atom. The summed E-state index contributed by atoms with van der Waals surface area (Å²) in [5, 5.41) is 17.0. The lowest BCUT2D eigenvalue weighted by atomic mass is 10.2. The Bertz CT molecular complexity index is 1060. The minimum atomic E-state index is -3.56. The maximum Gasteiger partial charge on any atom is 0.242 e. The van der Waals surface area contributed by atoms with Crippen molar-refractivity contribution >= 4 is 55.2 Å². The van der Waals surface area contributed by atoms with E-state index in [9.17, 15) is 13.5 Å². The topological polar surface area (TPSA) is 103 Å². The minimum Gasteiger partial charge on any atom is -0.503 e. The van der Waals surface area contributed by atoms with Gasteiger partial charge < -0.3 is 15.2 Å². The van der Waals surface area contributed by atoms with E-state index in [-0.39, 0.29) is 15.8 Å². The predicted molar refractivity (Wildman–Crippen MR) is 121 cm³/mol. The van der Waals surface area contributed by atoms with E-state index in [2.05, 4.69) is 31.8 Å². The third kappa shape index (κ3) is 5.66. The van der Waals surface area contributed by atoms with Crippen molar-refractivity contribution in [2.75, 3.05) is 26.5 Å². The lowest BCUT2D eigenvalue weighted by Gasteiger charge is -2.15. The minimum absolute atomic E-state index is 0.00201. The summed E-state index contributed by atoms with van der Waals surface area (Å²) in [6, 6.07) is 8.04. The average molecular weight is 501 g/mol. The number of thiocarbonyl (C=S) groups is 1. The number of hydrogen-bond donors (Lipinski definition) is 3. The molecule has 8 nitrogen and oxygen atoms in total. The Hall–Kier alpha value is -2.21. The van der Waals surface area contributed by atoms with Crippen LogP contribution in [0.3, 0.4) is 0 Å². The highest BCUT2D eigenvalue weighted by molar-refractivity contribution is 9.10. The molecule has 0 aliphatic heterocycles. The lowest BCUT2D eigenvalue weighted by Crippen LogP contribution is -2.25. The molecule has 0 aliphatic rings. The largest absolute Gasteiger partial charge is 0.503 e. The van der Waals surface area contributed by atoms with Gasteiger partial charge in [-0.05, 0) is 70.5 Å². The van der Waals surface area contributed by atoms with Crippen LogP contribution in [0.1, 0.15) is 11.1 Å². The Kier molecular flexibility index (Phi) is 7.58. The van der Waals surface area contributed by atoms with Gasteiger partial charge in [0.05, 0.1) is 22.7 Å². The first-order chi connectivity index (χ1) is 13.6. The molecule has 0 aromatic heterocycles. The third-order valence-corrected chi connectivity index (χ3v) is 6.50. The van der Waals surface area contributed by atoms with Crippen LogP contribution in [0.2, 0.25) is 0 Å². The monoisotopic (exact) mass is 500 g/mol. The summed E-state index contributed by atoms with van der Waals surface area (Å²) in [6.07, 6.45) is 1.50. The number of phenols is 1. The molecule has 2 aromatic rings. The van der Waals surface area contributed by atoms with Gasteiger partial charge in [-0.3, -0.25) is 5.43 Å². The molecule has 0 amide bonds. The van der Waals surface area contributed by atoms with Crippen LogP contribution in [0, 0.1) is 6.92 Å². The summed E-state index contributed by atoms with van der Waals surface area (Å²) in [5.74, 6) is 0.300. The molecule has 0 heterocycles. The van der Waals surface area contributed by atoms with Gasteiger partial charge in [0.25, 0.3) is 0 Å². The van der Waals surface area contributed by atoms with Gasteiger partial charge in [0, 0.05) is 19.8 Å². The van der Waals surface area contributed by atoms with E-state index in [4.69, 9.17) is 17.0 Å². The number of phenolic OH excluding ortho intramolecular Hbond substituents is 1. The molecule has 0 bridgehead atoms. The van der Waals surface area contributed by atoms with Crippen LogP contribution in [-0.2, 0) is 10.0 Å². The normalized spacial score (nSPS) is 11.7. The maximum atomic E-state index is 12.3. The molecule has 0 aliphatic carbocycles. The second-order valence-corrected chi connectivity index (χ2v) is 9.56. The SMILES string of the molecule is COc1cc(/C=N\NC(=S)Nc2cc(S(=O)(=O)N(C)C)ccc2C)cc(Br)c1O. The van der Waals surface area contributed by atoms with Gasteiger partial charge in [-0.15, -0.1) is 0 Å². The van der Waals surface area contributed by atoms with Crippen LogP contribution in [0.4, 0.5) is 5.69 Å². The van der Waals surface area contributed by atoms with Crippen LogP contribution in [-0.4, -0.2) is 50.4 Å². The number of nitrogens with zero attached hydrogens (tertiary/aromatic N) is 2. The summed E-state index contributed by atoms with van der Waals surface area (Å²) >= 11 is 8.47. The molecule has 29 heavy (non-hydrogen) atoms. The Balaban J connectivity index is 2.12. The molecule has 0 unspecified atom stereocenters. The number of benzene rings is 2. The molecule has 2 aromatic carbocycles. The first kappa shape index (κ1) is 23.1. The number of hydrazone groups is 1. The van der Waals surface area contributed by atoms with Gasteiger partial charge in [0.2, 0.25) is 10.0 Å². The van der Waals surface area contributed by atoms with Crippen molar-refractivity contribution < 1.29 is 18.3 Å². The fourth-order valence-electron chi connectivity index (χ4n) is 2.25. The van der Waals surface area contributed by atoms with Crippen molar-refractivity contribution in [2.45, 2.75) is 11.8 Å². The fraction of sp³-hybridized carbons (Fsp3) is 0.222. The Morgan fingerprint density at radius 3 is 2.62 bits per heavy atom. The van der Waals surface area contributed by atoms with Gasteiger partial charge in [-0.25, -0.2) is 12.7 Å². The maximum absolute atomic E-state index is 12.3. The number of nitrogens with one attached hydrogen (secondary N) is 2. The van der Waals surface area contributed by atoms with Gasteiger partial charge in [-0.1, -0.05) is 6.07 Å². The van der Waals surface area contributed by atoms with Crippen molar-refractivity contribution in [1.82, 2.24) is 9.73 Å². The molecular weight excluding hydrogens is 480 g/mol. The van der Waals surface area contributed by atoms with E-state index >= 15 is 0 Å². The number of ether oxygens (including phenoxy) is 1. The van der Waals surface area contributed by atoms with Crippen LogP contribution < -0.4 is 15.5 Å². The quantitative estimate of drug-likeness (QED) is 0.318. The predicted octanol–water partition coefficient (Wildman–Crippen LogP) is 3.04. The van der Waals surface area contributed by atoms with Gasteiger partial charge in [0.1, 0.15) is 0 Å². The average Bonchev–Trinajstić information content (AvgIpc) is 2.65. The summed E-state index contributed by atoms with van der Waals surface area (Å²) in [7, 11) is 0.839. The first-order valence-electron chi connectivity index (χ1n) is 8.26. The van der Waals surface area contributed by atoms with E-state index in [1.807, 2.05) is 6.92 Å². The van der Waals surface area contributed by atoms with Gasteiger partial charge in [-0.2, -0.15) is 5.10 Å². The lowest BCUT2D eigenvalue weighted by molar-refractivity contribution is 0.372. The third-order valence-electron chi connectivity index (χ3n) is 3.89. The molecule has 11 heteroatoms. The van der Waals surface area contributed by atoms with Crippen molar-refractivity contribution in [3.05, 3.63) is 45.9 Å². The van der Waals surface area contributed by atoms with Crippen molar-refractivity contribution in [3.8, 4) is 11.5 Å². The van der Waals surface area contributed by atoms with E-state index in [0.717, 1.165) is 9.87 Å². The number of sulfonamides is 1. The number of aromatic hydroxyl groups is 1. The number of rotatable bonds is 6. The number of aryl methyl sites for hydroxylation is 1. The second kappa shape index (κ2) is 9.53. The molecule has 0 fully saturated rings. The molecule has 3 N–H and O–H groups in total. The molecule has 0 saturated heterocycles. The zero-order valence-corrected chi connectivity index (χ0v) is 19.4. The van der Waals surface area contributed by atoms with Gasteiger partial charge >= 0.3 is 0 Å². The van der Waals surface area contributed by atoms with E-state index in [1.165, 1.54) is 33.5 Å². The summed E-state index contributed by atoms with van der Waals surface area (Å²) < 4.78 is 31.3. The van der Waals surface area contributed by atoms with Crippen molar-refractivity contribution in [2.24, 2.45) is 5.10 Å². The highest BCUT2D eigenvalue weighted by atomic mass is 79.9. The highest BCUT2D eigenvalue weighted by Crippen LogP contribution is 2.34. The highest BCUT2D eigenvalue weighted by Gasteiger charge is 2.18. The molecule has 0 atom stereocenters. The molecule has 2 rings (SSSR count). The molecule has 0 spiro atoms. The van der Waals surface area contributed by atoms with Gasteiger partial charge in [0.15, 0.2) is 16.6 Å². The van der Waals surface area contributed by atoms with E-state index in [1.54, 1.807) is 24.3 Å². The summed E-state index contributed by atoms with van der Waals surface area (Å²) in [5.41, 5.74) is 4.71. The van der Waals surface area contributed by atoms with E-state index in [0.29, 0.717) is 21.5 Å². The van der Waals surface area contributed by atoms with Crippen molar-refractivity contribution in [1.29, 1.82) is 0 Å². The van der Waals surface area contributed by atoms with Crippen LogP contribution in [0.15, 0.2) is 44.8 Å². The summed E-state index contributed by atoms with van der Waals surface area (Å²) in [4.78, 5) is 0.155. The van der Waals surface area contributed by atoms with Crippen LogP contribution in [0.25, 0.3) is 0 Å². The molecule has 0 saturated carbocycles. The number of methoxy groups -OCH3 is 1. The molecular formula is C18H21BrN4O4S2. The second-order valence-electron chi connectivity index (χ2n) is 6.14. The van der Waals surface area contributed by atoms with Crippen molar-refractivity contribution in [3.63, 3.8) is 0 Å². The zero-order valence-electron chi connectivity index (χ0n) is 16.2. The molecule has 0 radical (unpaired) electrons. The van der Waals surface area contributed by atoms with E-state index < -0.39 is 10.0 Å². The Morgan fingerprint density at radius 1 is 1.31 bits per heavy atom. The van der Waals surface area contributed by atoms with Crippen LogP contribution in [0.5, 0.6) is 11.5 Å². The standard InChI is InChI=1S/C18H21BrN4O4S2/c1-11-5-6-13(29(25,26)23(2)3)9-15(11)21-18(28)22-20-10-12-7-14(19)17(24)16(8-12)27-4/h5-10,24H,1-4H3,(H2,21,22,28)/b20-10-. The smallest absolute Gasteiger partial charge is 0.242 e. The Labute approximate surface area is 183 Å². The zero-order chi connectivity index (χ0) is 21.8. The summed E-state index contributed by atoms with van der Waals surface area (Å²) in [6.45, 7) is 1.83. The number of anilines is 1. The fourth-order valence-corrected chi connectivity index (χ4v) is 3.80. The first-order valence-corrected chi connectivity index (χ1v) is 10.9. The number of halogens is 1. The van der Waals surface area contributed by atoms with Crippen LogP contribution >= 0.6 is 28.1 Å². The number of hydrogen-bond acceptors (Lipinski definition) is 6.